The number of nitrogen functional groups attached to an aromatic ring is 1. The second-order valence-corrected chi connectivity index (χ2v) is 12.3. The van der Waals surface area contributed by atoms with Crippen molar-refractivity contribution < 1.29 is 17.5 Å². The number of anilines is 3. The molecular weight excluding hydrogens is 514 g/mol. The van der Waals surface area contributed by atoms with Gasteiger partial charge in [-0.25, -0.2) is 19.7 Å². The molecule has 1 fully saturated rings. The number of carbonyl (C=O) groups excluding carboxylic acids is 1. The molecule has 0 aromatic carbocycles. The van der Waals surface area contributed by atoms with Crippen LogP contribution >= 0.6 is 0 Å². The summed E-state index contributed by atoms with van der Waals surface area (Å²) in [6.07, 6.45) is 4.67. The largest absolute Gasteiger partial charge is 0.384 e. The molecule has 4 rings (SSSR count). The predicted molar refractivity (Wildman–Crippen MR) is 160 cm³/mol. The van der Waals surface area contributed by atoms with Crippen LogP contribution in [0.1, 0.15) is 68.5 Å². The van der Waals surface area contributed by atoms with Gasteiger partial charge in [-0.2, -0.15) is 8.42 Å². The van der Waals surface area contributed by atoms with Gasteiger partial charge in [-0.3, -0.25) is 4.79 Å². The molecule has 1 aliphatic heterocycles. The number of hydrogen-bond donors (Lipinski definition) is 3. The van der Waals surface area contributed by atoms with Gasteiger partial charge in [0.1, 0.15) is 17.5 Å². The molecule has 1 saturated heterocycles. The van der Waals surface area contributed by atoms with E-state index in [1.54, 1.807) is 18.3 Å². The summed E-state index contributed by atoms with van der Waals surface area (Å²) in [5.74, 6) is 1.06. The Labute approximate surface area is 235 Å². The number of pyridine rings is 3. The second kappa shape index (κ2) is 11.6. The van der Waals surface area contributed by atoms with Crippen molar-refractivity contribution in [2.24, 2.45) is 5.92 Å². The van der Waals surface area contributed by atoms with E-state index in [2.05, 4.69) is 59.5 Å². The third-order valence-electron chi connectivity index (χ3n) is 6.84. The Morgan fingerprint density at radius 3 is 2.41 bits per heavy atom. The van der Waals surface area contributed by atoms with Gasteiger partial charge in [0.25, 0.3) is 15.9 Å². The zero-order valence-corrected chi connectivity index (χ0v) is 23.9. The third-order valence-corrected chi connectivity index (χ3v) is 8.07. The van der Waals surface area contributed by atoms with Crippen molar-refractivity contribution in [2.75, 3.05) is 16.0 Å². The third kappa shape index (κ3) is 6.65. The summed E-state index contributed by atoms with van der Waals surface area (Å²) in [7, 11) is -4.24. The minimum absolute atomic E-state index is 0. The molecule has 4 N–H and O–H groups in total. The van der Waals surface area contributed by atoms with Crippen molar-refractivity contribution in [3.8, 4) is 11.3 Å². The maximum absolute atomic E-state index is 13.3. The summed E-state index contributed by atoms with van der Waals surface area (Å²) in [6, 6.07) is 12.0. The van der Waals surface area contributed by atoms with Gasteiger partial charge in [-0.15, -0.1) is 0 Å². The summed E-state index contributed by atoms with van der Waals surface area (Å²) >= 11 is 0. The van der Waals surface area contributed by atoms with E-state index in [4.69, 9.17) is 10.7 Å². The molecule has 0 bridgehead atoms. The number of rotatable bonds is 9. The Morgan fingerprint density at radius 2 is 1.79 bits per heavy atom. The maximum atomic E-state index is 13.3. The number of sulfonamides is 1. The van der Waals surface area contributed by atoms with Gasteiger partial charge in [0.05, 0.1) is 11.3 Å². The quantitative estimate of drug-likeness (QED) is 0.323. The maximum Gasteiger partial charge on any atom is 0.281 e. The molecular formula is C28H43N7O3S. The van der Waals surface area contributed by atoms with Crippen LogP contribution in [-0.2, 0) is 10.0 Å². The lowest BCUT2D eigenvalue weighted by atomic mass is 10.1. The molecule has 3 aromatic rings. The SMILES string of the molecule is CC(C)C[C@@H](C)Nc1ccc(-c2ccc(C(=O)NS(=O)(=O)c3cccc(N)n3)c(N3[C@H](C)CC[C@@H]3C)n2)cn1.[HH].[HH].[HH]. The summed E-state index contributed by atoms with van der Waals surface area (Å²) in [5.41, 5.74) is 7.25. The van der Waals surface area contributed by atoms with Gasteiger partial charge in [-0.05, 0) is 82.3 Å². The fraction of sp³-hybridized carbons (Fsp3) is 0.429. The second-order valence-electron chi connectivity index (χ2n) is 10.7. The van der Waals surface area contributed by atoms with Crippen LogP contribution < -0.4 is 20.7 Å². The predicted octanol–water partition coefficient (Wildman–Crippen LogP) is 5.20. The number of nitrogens with zero attached hydrogens (tertiary/aromatic N) is 4. The lowest BCUT2D eigenvalue weighted by Gasteiger charge is -2.29. The molecule has 39 heavy (non-hydrogen) atoms. The monoisotopic (exact) mass is 557 g/mol. The molecule has 214 valence electrons. The van der Waals surface area contributed by atoms with Gasteiger partial charge in [0, 0.05) is 34.2 Å². The highest BCUT2D eigenvalue weighted by Crippen LogP contribution is 2.33. The zero-order chi connectivity index (χ0) is 28.3. The molecule has 1 amide bonds. The average Bonchev–Trinajstić information content (AvgIpc) is 3.21. The molecule has 0 saturated carbocycles. The standard InChI is InChI=1S/C28H37N7O3S.3H2/c1-17(2)15-18(3)31-25-14-11-21(16-30-25)23-13-12-22(27(32-23)35-19(4)9-10-20(35)5)28(36)34-39(37,38)26-8-6-7-24(29)33-26;;;/h6-8,11-14,16-20H,9-10,15H2,1-5H3,(H2,29,33)(H,30,31)(H,34,36);3*1H/t18-,19-,20+;;;/m1.../s1. The summed E-state index contributed by atoms with van der Waals surface area (Å²) in [5, 5.41) is 3.09. The highest BCUT2D eigenvalue weighted by molar-refractivity contribution is 7.90. The van der Waals surface area contributed by atoms with Gasteiger partial charge in [0.2, 0.25) is 0 Å². The molecule has 11 heteroatoms. The van der Waals surface area contributed by atoms with Crippen molar-refractivity contribution in [1.82, 2.24) is 19.7 Å². The Morgan fingerprint density at radius 1 is 1.08 bits per heavy atom. The van der Waals surface area contributed by atoms with Crippen LogP contribution in [0.5, 0.6) is 0 Å². The van der Waals surface area contributed by atoms with E-state index in [1.165, 1.54) is 18.2 Å². The normalized spacial score (nSPS) is 18.3. The van der Waals surface area contributed by atoms with E-state index < -0.39 is 15.9 Å². The van der Waals surface area contributed by atoms with Crippen molar-refractivity contribution in [2.45, 2.75) is 77.0 Å². The molecule has 3 aromatic heterocycles. The Hall–Kier alpha value is -3.73. The van der Waals surface area contributed by atoms with E-state index in [1.807, 2.05) is 12.1 Å². The minimum atomic E-state index is -4.24. The van der Waals surface area contributed by atoms with E-state index in [-0.39, 0.29) is 32.8 Å². The molecule has 3 atom stereocenters. The van der Waals surface area contributed by atoms with Crippen molar-refractivity contribution in [3.05, 3.63) is 54.2 Å². The van der Waals surface area contributed by atoms with Crippen LogP contribution in [0.15, 0.2) is 53.7 Å². The number of hydrogen-bond acceptors (Lipinski definition) is 9. The Kier molecular flexibility index (Phi) is 8.39. The van der Waals surface area contributed by atoms with Gasteiger partial charge in [0.15, 0.2) is 5.03 Å². The van der Waals surface area contributed by atoms with Gasteiger partial charge < -0.3 is 16.0 Å². The number of aromatic nitrogens is 3. The molecule has 4 heterocycles. The number of amides is 1. The zero-order valence-electron chi connectivity index (χ0n) is 23.0. The lowest BCUT2D eigenvalue weighted by molar-refractivity contribution is 0.0981. The topological polar surface area (TPSA) is 143 Å². The van der Waals surface area contributed by atoms with E-state index in [0.29, 0.717) is 23.5 Å². The van der Waals surface area contributed by atoms with Crippen LogP contribution in [0, 0.1) is 5.92 Å². The average molecular weight is 558 g/mol. The highest BCUT2D eigenvalue weighted by Gasteiger charge is 2.33. The van der Waals surface area contributed by atoms with E-state index in [0.717, 1.165) is 30.6 Å². The first-order valence-electron chi connectivity index (χ1n) is 13.3. The first kappa shape index (κ1) is 28.3. The van der Waals surface area contributed by atoms with Crippen LogP contribution in [0.3, 0.4) is 0 Å². The molecule has 0 spiro atoms. The number of nitrogens with one attached hydrogen (secondary N) is 2. The fourth-order valence-corrected chi connectivity index (χ4v) is 6.00. The molecule has 1 aliphatic rings. The summed E-state index contributed by atoms with van der Waals surface area (Å²) in [6.45, 7) is 10.7. The number of nitrogens with two attached hydrogens (primary N) is 1. The first-order chi connectivity index (χ1) is 18.4. The van der Waals surface area contributed by atoms with Crippen LogP contribution in [0.4, 0.5) is 17.5 Å². The minimum Gasteiger partial charge on any atom is -0.384 e. The van der Waals surface area contributed by atoms with Crippen molar-refractivity contribution >= 4 is 33.4 Å². The molecule has 10 nitrogen and oxygen atoms in total. The number of carbonyl (C=O) groups is 1. The Balaban J connectivity index is 0.00000294. The molecule has 0 radical (unpaired) electrons. The summed E-state index contributed by atoms with van der Waals surface area (Å²) < 4.78 is 27.9. The Bertz CT molecular complexity index is 1430. The van der Waals surface area contributed by atoms with Gasteiger partial charge in [-0.1, -0.05) is 19.9 Å². The van der Waals surface area contributed by atoms with Crippen molar-refractivity contribution in [3.63, 3.8) is 0 Å². The smallest absolute Gasteiger partial charge is 0.281 e. The molecule has 0 aliphatic carbocycles. The van der Waals surface area contributed by atoms with Crippen LogP contribution in [-0.4, -0.2) is 47.4 Å². The highest BCUT2D eigenvalue weighted by atomic mass is 32.2. The van der Waals surface area contributed by atoms with E-state index >= 15 is 0 Å². The van der Waals surface area contributed by atoms with Gasteiger partial charge >= 0.3 is 0 Å². The van der Waals surface area contributed by atoms with Crippen molar-refractivity contribution in [1.29, 1.82) is 0 Å². The first-order valence-corrected chi connectivity index (χ1v) is 14.7. The molecule has 0 unspecified atom stereocenters. The van der Waals surface area contributed by atoms with Crippen LogP contribution in [0.2, 0.25) is 0 Å². The summed E-state index contributed by atoms with van der Waals surface area (Å²) in [4.78, 5) is 28.7. The fourth-order valence-electron chi connectivity index (χ4n) is 5.05. The van der Waals surface area contributed by atoms with Crippen LogP contribution in [0.25, 0.3) is 11.3 Å². The lowest BCUT2D eigenvalue weighted by Crippen LogP contribution is -2.37. The van der Waals surface area contributed by atoms with E-state index in [9.17, 15) is 13.2 Å².